The molecule has 0 radical (unpaired) electrons. The molecule has 88 valence electrons. The maximum Gasteiger partial charge on any atom is 0.0631 e. The standard InChI is InChI=1S/C12H9Br3N2/c13-9-4-8(5-16-7-9)6-17-12-10(14)2-1-3-11(12)15/h1-5,7,17H,6H2. The lowest BCUT2D eigenvalue weighted by atomic mass is 10.2. The minimum absolute atomic E-state index is 0.730. The van der Waals surface area contributed by atoms with Crippen LogP contribution in [0.2, 0.25) is 0 Å². The van der Waals surface area contributed by atoms with Gasteiger partial charge in [-0.25, -0.2) is 0 Å². The van der Waals surface area contributed by atoms with Crippen molar-refractivity contribution in [1.82, 2.24) is 4.98 Å². The Balaban J connectivity index is 2.13. The van der Waals surface area contributed by atoms with Crippen LogP contribution >= 0.6 is 47.8 Å². The van der Waals surface area contributed by atoms with Gasteiger partial charge >= 0.3 is 0 Å². The van der Waals surface area contributed by atoms with Gasteiger partial charge in [-0.1, -0.05) is 6.07 Å². The largest absolute Gasteiger partial charge is 0.379 e. The number of anilines is 1. The maximum atomic E-state index is 4.13. The Bertz CT molecular complexity index is 509. The van der Waals surface area contributed by atoms with E-state index in [-0.39, 0.29) is 0 Å². The highest BCUT2D eigenvalue weighted by atomic mass is 79.9. The SMILES string of the molecule is Brc1cncc(CNc2c(Br)cccc2Br)c1. The van der Waals surface area contributed by atoms with Gasteiger partial charge in [0.05, 0.1) is 5.69 Å². The second-order valence-electron chi connectivity index (χ2n) is 3.46. The molecule has 0 saturated carbocycles. The zero-order valence-electron chi connectivity index (χ0n) is 8.75. The molecule has 2 rings (SSSR count). The Morgan fingerprint density at radius 2 is 1.76 bits per heavy atom. The number of para-hydroxylation sites is 1. The van der Waals surface area contributed by atoms with Crippen molar-refractivity contribution in [2.75, 3.05) is 5.32 Å². The second kappa shape index (κ2) is 5.98. The lowest BCUT2D eigenvalue weighted by Crippen LogP contribution is -2.01. The Morgan fingerprint density at radius 1 is 1.06 bits per heavy atom. The number of hydrogen-bond donors (Lipinski definition) is 1. The molecular formula is C12H9Br3N2. The highest BCUT2D eigenvalue weighted by Gasteiger charge is 2.04. The minimum Gasteiger partial charge on any atom is -0.379 e. The predicted molar refractivity (Wildman–Crippen MR) is 81.1 cm³/mol. The lowest BCUT2D eigenvalue weighted by molar-refractivity contribution is 1.10. The highest BCUT2D eigenvalue weighted by Crippen LogP contribution is 2.30. The van der Waals surface area contributed by atoms with Crippen LogP contribution in [0.15, 0.2) is 50.1 Å². The first-order chi connectivity index (χ1) is 8.16. The molecule has 0 spiro atoms. The summed E-state index contributed by atoms with van der Waals surface area (Å²) >= 11 is 10.4. The predicted octanol–water partition coefficient (Wildman–Crippen LogP) is 4.98. The molecule has 2 aromatic rings. The molecule has 0 aliphatic heterocycles. The molecule has 5 heteroatoms. The number of rotatable bonds is 3. The summed E-state index contributed by atoms with van der Waals surface area (Å²) in [6.45, 7) is 0.730. The average molecular weight is 421 g/mol. The molecule has 0 amide bonds. The maximum absolute atomic E-state index is 4.13. The molecule has 0 aliphatic carbocycles. The fourth-order valence-corrected chi connectivity index (χ4v) is 3.10. The van der Waals surface area contributed by atoms with Crippen LogP contribution < -0.4 is 5.32 Å². The van der Waals surface area contributed by atoms with Crippen LogP contribution in [-0.2, 0) is 6.54 Å². The van der Waals surface area contributed by atoms with Crippen molar-refractivity contribution in [3.63, 3.8) is 0 Å². The summed E-state index contributed by atoms with van der Waals surface area (Å²) in [5, 5.41) is 3.37. The molecule has 1 N–H and O–H groups in total. The van der Waals surface area contributed by atoms with E-state index < -0.39 is 0 Å². The van der Waals surface area contributed by atoms with Gasteiger partial charge in [0.25, 0.3) is 0 Å². The van der Waals surface area contributed by atoms with E-state index in [2.05, 4.69) is 58.1 Å². The van der Waals surface area contributed by atoms with E-state index in [1.807, 2.05) is 30.5 Å². The minimum atomic E-state index is 0.730. The van der Waals surface area contributed by atoms with Gasteiger partial charge in [0.15, 0.2) is 0 Å². The van der Waals surface area contributed by atoms with Gasteiger partial charge in [-0.3, -0.25) is 4.98 Å². The van der Waals surface area contributed by atoms with E-state index in [1.165, 1.54) is 0 Å². The van der Waals surface area contributed by atoms with Gasteiger partial charge in [-0.15, -0.1) is 0 Å². The smallest absolute Gasteiger partial charge is 0.0631 e. The van der Waals surface area contributed by atoms with Gasteiger partial charge in [-0.2, -0.15) is 0 Å². The number of aromatic nitrogens is 1. The molecule has 0 unspecified atom stereocenters. The van der Waals surface area contributed by atoms with Crippen molar-refractivity contribution in [2.45, 2.75) is 6.54 Å². The Labute approximate surface area is 125 Å². The van der Waals surface area contributed by atoms with Crippen molar-refractivity contribution in [1.29, 1.82) is 0 Å². The quantitative estimate of drug-likeness (QED) is 0.757. The number of hydrogen-bond acceptors (Lipinski definition) is 2. The van der Waals surface area contributed by atoms with Gasteiger partial charge in [-0.05, 0) is 71.6 Å². The first-order valence-electron chi connectivity index (χ1n) is 4.94. The van der Waals surface area contributed by atoms with Crippen LogP contribution in [0, 0.1) is 0 Å². The van der Waals surface area contributed by atoms with Crippen LogP contribution in [-0.4, -0.2) is 4.98 Å². The molecule has 0 aliphatic rings. The average Bonchev–Trinajstić information content (AvgIpc) is 2.28. The first-order valence-corrected chi connectivity index (χ1v) is 7.32. The Hall–Kier alpha value is -0.390. The first kappa shape index (κ1) is 13.1. The van der Waals surface area contributed by atoms with Crippen LogP contribution in [0.3, 0.4) is 0 Å². The number of nitrogens with zero attached hydrogens (tertiary/aromatic N) is 1. The number of nitrogens with one attached hydrogen (secondary N) is 1. The van der Waals surface area contributed by atoms with Crippen LogP contribution in [0.1, 0.15) is 5.56 Å². The monoisotopic (exact) mass is 418 g/mol. The normalized spacial score (nSPS) is 10.3. The summed E-state index contributed by atoms with van der Waals surface area (Å²) in [6.07, 6.45) is 3.63. The van der Waals surface area contributed by atoms with E-state index in [0.29, 0.717) is 0 Å². The summed E-state index contributed by atoms with van der Waals surface area (Å²) in [6, 6.07) is 8.04. The van der Waals surface area contributed by atoms with Crippen molar-refractivity contribution >= 4 is 53.5 Å². The van der Waals surface area contributed by atoms with Crippen molar-refractivity contribution in [3.05, 3.63) is 55.6 Å². The number of pyridine rings is 1. The third-order valence-corrected chi connectivity index (χ3v) is 3.95. The van der Waals surface area contributed by atoms with Crippen molar-refractivity contribution < 1.29 is 0 Å². The molecule has 0 bridgehead atoms. The summed E-state index contributed by atoms with van der Waals surface area (Å²) in [7, 11) is 0. The Morgan fingerprint density at radius 3 is 2.41 bits per heavy atom. The van der Waals surface area contributed by atoms with E-state index in [4.69, 9.17) is 0 Å². The summed E-state index contributed by atoms with van der Waals surface area (Å²) in [5.74, 6) is 0. The zero-order valence-corrected chi connectivity index (χ0v) is 13.5. The topological polar surface area (TPSA) is 24.9 Å². The van der Waals surface area contributed by atoms with Gasteiger partial charge < -0.3 is 5.32 Å². The van der Waals surface area contributed by atoms with Gasteiger partial charge in [0.1, 0.15) is 0 Å². The highest BCUT2D eigenvalue weighted by molar-refractivity contribution is 9.11. The fourth-order valence-electron chi connectivity index (χ4n) is 1.41. The van der Waals surface area contributed by atoms with E-state index in [1.54, 1.807) is 6.20 Å². The zero-order chi connectivity index (χ0) is 12.3. The number of halogens is 3. The molecule has 17 heavy (non-hydrogen) atoms. The van der Waals surface area contributed by atoms with Gasteiger partial charge in [0, 0.05) is 32.4 Å². The van der Waals surface area contributed by atoms with Crippen LogP contribution in [0.4, 0.5) is 5.69 Å². The number of benzene rings is 1. The molecule has 2 nitrogen and oxygen atoms in total. The molecular weight excluding hydrogens is 412 g/mol. The van der Waals surface area contributed by atoms with Gasteiger partial charge in [0.2, 0.25) is 0 Å². The summed E-state index contributed by atoms with van der Waals surface area (Å²) in [5.41, 5.74) is 2.18. The molecule has 1 aromatic carbocycles. The van der Waals surface area contributed by atoms with Crippen molar-refractivity contribution in [2.24, 2.45) is 0 Å². The fraction of sp³-hybridized carbons (Fsp3) is 0.0833. The molecule has 1 aromatic heterocycles. The van der Waals surface area contributed by atoms with Crippen LogP contribution in [0.5, 0.6) is 0 Å². The molecule has 0 atom stereocenters. The molecule has 0 fully saturated rings. The van der Waals surface area contributed by atoms with Crippen LogP contribution in [0.25, 0.3) is 0 Å². The van der Waals surface area contributed by atoms with E-state index in [0.717, 1.165) is 31.2 Å². The second-order valence-corrected chi connectivity index (χ2v) is 6.09. The van der Waals surface area contributed by atoms with E-state index >= 15 is 0 Å². The Kier molecular flexibility index (Phi) is 4.59. The third-order valence-electron chi connectivity index (χ3n) is 2.19. The lowest BCUT2D eigenvalue weighted by Gasteiger charge is -2.10. The molecule has 1 heterocycles. The third kappa shape index (κ3) is 3.53. The molecule has 0 saturated heterocycles. The summed E-state index contributed by atoms with van der Waals surface area (Å²) < 4.78 is 3.06. The summed E-state index contributed by atoms with van der Waals surface area (Å²) in [4.78, 5) is 4.13. The van der Waals surface area contributed by atoms with Crippen molar-refractivity contribution in [3.8, 4) is 0 Å². The van der Waals surface area contributed by atoms with E-state index in [9.17, 15) is 0 Å².